The fourth-order valence-corrected chi connectivity index (χ4v) is 4.62. The largest absolute Gasteiger partial charge is 0.493 e. The number of hydrogen-bond acceptors (Lipinski definition) is 6. The molecule has 1 aliphatic rings. The lowest BCUT2D eigenvalue weighted by atomic mass is 10.2. The van der Waals surface area contributed by atoms with Gasteiger partial charge in [0.15, 0.2) is 29.4 Å². The lowest BCUT2D eigenvalue weighted by Crippen LogP contribution is -2.53. The highest BCUT2D eigenvalue weighted by molar-refractivity contribution is 7.21. The Morgan fingerprint density at radius 3 is 2.65 bits per heavy atom. The highest BCUT2D eigenvalue weighted by Crippen LogP contribution is 2.34. The van der Waals surface area contributed by atoms with Crippen molar-refractivity contribution in [1.29, 1.82) is 0 Å². The van der Waals surface area contributed by atoms with Gasteiger partial charge in [-0.25, -0.2) is 18.6 Å². The summed E-state index contributed by atoms with van der Waals surface area (Å²) in [4.78, 5) is 29.9. The van der Waals surface area contributed by atoms with E-state index >= 15 is 0 Å². The Morgan fingerprint density at radius 1 is 1.15 bits per heavy atom. The van der Waals surface area contributed by atoms with Crippen LogP contribution in [0.5, 0.6) is 11.5 Å². The Kier molecular flexibility index (Phi) is 5.40. The number of methoxy groups -OCH3 is 1. The van der Waals surface area contributed by atoms with E-state index in [1.165, 1.54) is 22.6 Å². The monoisotopic (exact) mass is 485 g/mol. The standard InChI is InChI=1S/C23H17F2N3O5S/c1-32-18-11-13(3-5-17(18)33-19-7-9-28(19)23(30)31)27-8-6-16-20(22(27)29)34-21(26-16)12-2-4-14(24)15(25)10-12/h2-6,8,10-11,19H,7,9H2,1H3,(H,30,31). The van der Waals surface area contributed by atoms with Gasteiger partial charge in [0.1, 0.15) is 9.71 Å². The molecule has 0 aliphatic carbocycles. The van der Waals surface area contributed by atoms with E-state index in [1.54, 1.807) is 30.5 Å². The second-order valence-electron chi connectivity index (χ2n) is 7.53. The Morgan fingerprint density at radius 2 is 1.97 bits per heavy atom. The van der Waals surface area contributed by atoms with Gasteiger partial charge >= 0.3 is 6.09 Å². The van der Waals surface area contributed by atoms with Gasteiger partial charge < -0.3 is 14.6 Å². The summed E-state index contributed by atoms with van der Waals surface area (Å²) >= 11 is 1.08. The fraction of sp³-hybridized carbons (Fsp3) is 0.174. The van der Waals surface area contributed by atoms with Crippen LogP contribution in [0.15, 0.2) is 53.5 Å². The van der Waals surface area contributed by atoms with Crippen molar-refractivity contribution < 1.29 is 28.2 Å². The Balaban J connectivity index is 1.49. The number of thiazole rings is 1. The van der Waals surface area contributed by atoms with Gasteiger partial charge in [0.25, 0.3) is 5.56 Å². The van der Waals surface area contributed by atoms with Gasteiger partial charge in [-0.3, -0.25) is 14.3 Å². The molecule has 3 heterocycles. The first-order valence-corrected chi connectivity index (χ1v) is 11.0. The minimum Gasteiger partial charge on any atom is -0.493 e. The molecule has 1 atom stereocenters. The maximum atomic E-state index is 13.6. The summed E-state index contributed by atoms with van der Waals surface area (Å²) in [6.45, 7) is 0.400. The number of benzene rings is 2. The van der Waals surface area contributed by atoms with Crippen LogP contribution in [0.4, 0.5) is 13.6 Å². The molecular weight excluding hydrogens is 468 g/mol. The summed E-state index contributed by atoms with van der Waals surface area (Å²) in [5, 5.41) is 9.55. The molecule has 1 aliphatic heterocycles. The van der Waals surface area contributed by atoms with Gasteiger partial charge in [0.05, 0.1) is 18.3 Å². The molecule has 174 valence electrons. The van der Waals surface area contributed by atoms with E-state index in [4.69, 9.17) is 14.6 Å². The number of rotatable bonds is 5. The Bertz CT molecular complexity index is 1490. The number of carboxylic acid groups (broad SMARTS) is 1. The fourth-order valence-electron chi connectivity index (χ4n) is 3.63. The van der Waals surface area contributed by atoms with Crippen LogP contribution in [0.25, 0.3) is 26.5 Å². The number of amides is 1. The number of hydrogen-bond donors (Lipinski definition) is 1. The average molecular weight is 485 g/mol. The van der Waals surface area contributed by atoms with E-state index in [-0.39, 0.29) is 5.56 Å². The van der Waals surface area contributed by atoms with Crippen LogP contribution in [0, 0.1) is 11.6 Å². The molecule has 0 saturated carbocycles. The lowest BCUT2D eigenvalue weighted by molar-refractivity contribution is -0.0383. The molecule has 0 spiro atoms. The van der Waals surface area contributed by atoms with Crippen LogP contribution in [0.1, 0.15) is 6.42 Å². The van der Waals surface area contributed by atoms with Crippen molar-refractivity contribution >= 4 is 27.6 Å². The molecule has 2 aromatic carbocycles. The van der Waals surface area contributed by atoms with Crippen molar-refractivity contribution in [2.24, 2.45) is 0 Å². The van der Waals surface area contributed by atoms with Crippen molar-refractivity contribution in [3.63, 3.8) is 0 Å². The van der Waals surface area contributed by atoms with Crippen molar-refractivity contribution in [2.45, 2.75) is 12.6 Å². The molecule has 2 aromatic heterocycles. The third kappa shape index (κ3) is 3.73. The van der Waals surface area contributed by atoms with E-state index < -0.39 is 24.0 Å². The number of carbonyl (C=O) groups is 1. The number of nitrogens with zero attached hydrogens (tertiary/aromatic N) is 3. The summed E-state index contributed by atoms with van der Waals surface area (Å²) in [7, 11) is 1.45. The summed E-state index contributed by atoms with van der Waals surface area (Å²) < 4.78 is 39.8. The van der Waals surface area contributed by atoms with Crippen LogP contribution >= 0.6 is 11.3 Å². The van der Waals surface area contributed by atoms with E-state index in [0.717, 1.165) is 23.5 Å². The molecule has 1 fully saturated rings. The smallest absolute Gasteiger partial charge is 0.410 e. The summed E-state index contributed by atoms with van der Waals surface area (Å²) in [6.07, 6.45) is 0.480. The zero-order chi connectivity index (χ0) is 24.0. The van der Waals surface area contributed by atoms with Gasteiger partial charge in [0, 0.05) is 30.8 Å². The molecule has 1 N–H and O–H groups in total. The minimum absolute atomic E-state index is 0.337. The third-order valence-electron chi connectivity index (χ3n) is 5.51. The molecule has 0 bridgehead atoms. The summed E-state index contributed by atoms with van der Waals surface area (Å²) in [5.41, 5.74) is 0.982. The highest BCUT2D eigenvalue weighted by atomic mass is 32.1. The predicted octanol–water partition coefficient (Wildman–Crippen LogP) is 4.49. The number of aromatic nitrogens is 2. The van der Waals surface area contributed by atoms with Crippen molar-refractivity contribution in [1.82, 2.24) is 14.5 Å². The number of fused-ring (bicyclic) bond motifs is 1. The molecular formula is C23H17F2N3O5S. The second-order valence-corrected chi connectivity index (χ2v) is 8.52. The van der Waals surface area contributed by atoms with Crippen LogP contribution < -0.4 is 15.0 Å². The van der Waals surface area contributed by atoms with Gasteiger partial charge in [-0.15, -0.1) is 11.3 Å². The number of ether oxygens (including phenoxy) is 2. The van der Waals surface area contributed by atoms with E-state index in [2.05, 4.69) is 4.98 Å². The van der Waals surface area contributed by atoms with E-state index in [0.29, 0.717) is 50.9 Å². The predicted molar refractivity (Wildman–Crippen MR) is 121 cm³/mol. The maximum Gasteiger partial charge on any atom is 0.410 e. The first-order valence-electron chi connectivity index (χ1n) is 10.2. The lowest BCUT2D eigenvalue weighted by Gasteiger charge is -2.38. The van der Waals surface area contributed by atoms with Gasteiger partial charge in [-0.1, -0.05) is 0 Å². The molecule has 1 unspecified atom stereocenters. The quantitative estimate of drug-likeness (QED) is 0.448. The van der Waals surface area contributed by atoms with Gasteiger partial charge in [0.2, 0.25) is 0 Å². The molecule has 1 amide bonds. The van der Waals surface area contributed by atoms with Crippen LogP contribution in [0.2, 0.25) is 0 Å². The van der Waals surface area contributed by atoms with Crippen LogP contribution in [-0.2, 0) is 0 Å². The number of likely N-dealkylation sites (tertiary alicyclic amines) is 1. The first kappa shape index (κ1) is 21.8. The molecule has 8 nitrogen and oxygen atoms in total. The van der Waals surface area contributed by atoms with Crippen LogP contribution in [-0.4, -0.2) is 45.5 Å². The highest BCUT2D eigenvalue weighted by Gasteiger charge is 2.34. The van der Waals surface area contributed by atoms with Crippen LogP contribution in [0.3, 0.4) is 0 Å². The maximum absolute atomic E-state index is 13.6. The topological polar surface area (TPSA) is 93.9 Å². The Labute approximate surface area is 195 Å². The molecule has 0 radical (unpaired) electrons. The molecule has 5 rings (SSSR count). The van der Waals surface area contributed by atoms with Crippen molar-refractivity contribution in [2.75, 3.05) is 13.7 Å². The second kappa shape index (κ2) is 8.41. The molecule has 11 heteroatoms. The minimum atomic E-state index is -1.06. The summed E-state index contributed by atoms with van der Waals surface area (Å²) in [5.74, 6) is -1.25. The van der Waals surface area contributed by atoms with E-state index in [9.17, 15) is 18.4 Å². The SMILES string of the molecule is COc1cc(-n2ccc3nc(-c4ccc(F)c(F)c4)sc3c2=O)ccc1OC1CCN1C(=O)O. The Hall–Kier alpha value is -3.99. The number of halogens is 2. The summed E-state index contributed by atoms with van der Waals surface area (Å²) in [6, 6.07) is 10.0. The molecule has 34 heavy (non-hydrogen) atoms. The van der Waals surface area contributed by atoms with E-state index in [1.807, 2.05) is 0 Å². The normalized spacial score (nSPS) is 15.3. The zero-order valence-electron chi connectivity index (χ0n) is 17.7. The molecule has 4 aromatic rings. The average Bonchev–Trinajstić information content (AvgIpc) is 3.24. The zero-order valence-corrected chi connectivity index (χ0v) is 18.5. The first-order chi connectivity index (χ1) is 16.4. The van der Waals surface area contributed by atoms with Gasteiger partial charge in [-0.2, -0.15) is 0 Å². The van der Waals surface area contributed by atoms with Crippen molar-refractivity contribution in [3.8, 4) is 27.8 Å². The molecule has 1 saturated heterocycles. The van der Waals surface area contributed by atoms with Crippen molar-refractivity contribution in [3.05, 3.63) is 70.6 Å². The number of pyridine rings is 1. The van der Waals surface area contributed by atoms with Gasteiger partial charge in [-0.05, 0) is 36.4 Å². The third-order valence-corrected chi connectivity index (χ3v) is 6.62.